The van der Waals surface area contributed by atoms with Gasteiger partial charge in [0.1, 0.15) is 0 Å². The first-order valence-electron chi connectivity index (χ1n) is 13.1. The lowest BCUT2D eigenvalue weighted by Gasteiger charge is -2.27. The van der Waals surface area contributed by atoms with E-state index in [9.17, 15) is 0 Å². The average Bonchev–Trinajstić information content (AvgIpc) is 3.25. The molecule has 0 saturated carbocycles. The summed E-state index contributed by atoms with van der Waals surface area (Å²) in [6.07, 6.45) is 2.21. The normalized spacial score (nSPS) is 22.1. The third-order valence-corrected chi connectivity index (χ3v) is 8.08. The molecule has 36 heavy (non-hydrogen) atoms. The summed E-state index contributed by atoms with van der Waals surface area (Å²) >= 11 is 0. The number of nitrogens with zero attached hydrogens (tertiary/aromatic N) is 1. The fourth-order valence-corrected chi connectivity index (χ4v) is 6.49. The van der Waals surface area contributed by atoms with Gasteiger partial charge in [-0.1, -0.05) is 36.4 Å². The maximum Gasteiger partial charge on any atom is 0.0920 e. The number of anilines is 3. The van der Waals surface area contributed by atoms with Crippen molar-refractivity contribution in [2.75, 3.05) is 4.90 Å². The third kappa shape index (κ3) is 3.76. The average molecular weight is 474 g/mol. The topological polar surface area (TPSA) is 12.5 Å². The Balaban J connectivity index is 1.41. The van der Waals surface area contributed by atoms with E-state index in [0.717, 1.165) is 18.5 Å². The van der Waals surface area contributed by atoms with Crippen LogP contribution in [0.3, 0.4) is 0 Å². The Hall–Kier alpha value is -3.36. The highest BCUT2D eigenvalue weighted by atomic mass is 16.5. The van der Waals surface area contributed by atoms with Gasteiger partial charge in [-0.3, -0.25) is 0 Å². The number of hydrogen-bond acceptors (Lipinski definition) is 2. The van der Waals surface area contributed by atoms with Gasteiger partial charge in [0, 0.05) is 17.1 Å². The minimum absolute atomic E-state index is 0.120. The highest BCUT2D eigenvalue weighted by Crippen LogP contribution is 2.58. The highest BCUT2D eigenvalue weighted by Gasteiger charge is 2.54. The number of hydrogen-bond donors (Lipinski definition) is 0. The predicted octanol–water partition coefficient (Wildman–Crippen LogP) is 9.31. The molecular formula is C34H35NO. The highest BCUT2D eigenvalue weighted by molar-refractivity contribution is 5.79. The van der Waals surface area contributed by atoms with Crippen LogP contribution in [0.5, 0.6) is 0 Å². The molecular weight excluding hydrogens is 438 g/mol. The van der Waals surface area contributed by atoms with Gasteiger partial charge in [-0.15, -0.1) is 0 Å². The number of fused-ring (bicyclic) bond motifs is 5. The minimum atomic E-state index is -0.150. The summed E-state index contributed by atoms with van der Waals surface area (Å²) in [6.45, 7) is 13.2. The molecule has 0 amide bonds. The van der Waals surface area contributed by atoms with Crippen molar-refractivity contribution in [1.29, 1.82) is 0 Å². The van der Waals surface area contributed by atoms with Crippen LogP contribution in [-0.2, 0) is 15.9 Å². The van der Waals surface area contributed by atoms with E-state index in [0.29, 0.717) is 0 Å². The first-order valence-corrected chi connectivity index (χ1v) is 13.1. The molecule has 0 spiro atoms. The molecule has 0 N–H and O–H groups in total. The second kappa shape index (κ2) is 8.08. The van der Waals surface area contributed by atoms with Gasteiger partial charge in [-0.2, -0.15) is 0 Å². The summed E-state index contributed by atoms with van der Waals surface area (Å²) in [6, 6.07) is 29.5. The molecule has 6 rings (SSSR count). The molecule has 182 valence electrons. The summed E-state index contributed by atoms with van der Waals surface area (Å²) in [5.41, 5.74) is 13.6. The molecule has 2 heteroatoms. The van der Waals surface area contributed by atoms with E-state index < -0.39 is 0 Å². The smallest absolute Gasteiger partial charge is 0.0920 e. The fourth-order valence-electron chi connectivity index (χ4n) is 6.49. The van der Waals surface area contributed by atoms with E-state index in [4.69, 9.17) is 4.74 Å². The second-order valence-electron chi connectivity index (χ2n) is 11.4. The van der Waals surface area contributed by atoms with Crippen molar-refractivity contribution in [2.24, 2.45) is 0 Å². The monoisotopic (exact) mass is 473 g/mol. The van der Waals surface area contributed by atoms with Crippen molar-refractivity contribution in [3.8, 4) is 11.1 Å². The molecule has 0 radical (unpaired) electrons. The fraction of sp³-hybridized carbons (Fsp3) is 0.294. The van der Waals surface area contributed by atoms with Gasteiger partial charge in [0.05, 0.1) is 11.2 Å². The molecule has 4 aromatic carbocycles. The molecule has 2 atom stereocenters. The Morgan fingerprint density at radius 1 is 0.528 bits per heavy atom. The summed E-state index contributed by atoms with van der Waals surface area (Å²) < 4.78 is 6.49. The van der Waals surface area contributed by atoms with E-state index in [1.54, 1.807) is 0 Å². The van der Waals surface area contributed by atoms with Gasteiger partial charge >= 0.3 is 0 Å². The molecule has 0 aromatic heterocycles. The first kappa shape index (κ1) is 23.1. The molecule has 2 aliphatic heterocycles. The van der Waals surface area contributed by atoms with Crippen LogP contribution in [-0.4, -0.2) is 0 Å². The van der Waals surface area contributed by atoms with E-state index in [1.165, 1.54) is 55.9 Å². The quantitative estimate of drug-likeness (QED) is 0.293. The van der Waals surface area contributed by atoms with Gasteiger partial charge in [-0.05, 0) is 141 Å². The van der Waals surface area contributed by atoms with Gasteiger partial charge in [0.15, 0.2) is 0 Å². The van der Waals surface area contributed by atoms with Crippen LogP contribution >= 0.6 is 0 Å². The lowest BCUT2D eigenvalue weighted by molar-refractivity contribution is -0.0662. The lowest BCUT2D eigenvalue weighted by Crippen LogP contribution is -2.17. The Kier molecular flexibility index (Phi) is 5.18. The first-order chi connectivity index (χ1) is 17.1. The SMILES string of the molecule is Cc1cc(C)cc(N(c2ccc(-c3ccc4c(c3)C3(C)CCC4(C)O3)cc2)c2cc(C)cc(C)c2)c1. The maximum absolute atomic E-state index is 6.49. The van der Waals surface area contributed by atoms with Gasteiger partial charge in [0.2, 0.25) is 0 Å². The van der Waals surface area contributed by atoms with Crippen LogP contribution < -0.4 is 4.90 Å². The van der Waals surface area contributed by atoms with Crippen molar-refractivity contribution in [3.63, 3.8) is 0 Å². The molecule has 4 aromatic rings. The zero-order chi connectivity index (χ0) is 25.2. The third-order valence-electron chi connectivity index (χ3n) is 8.08. The summed E-state index contributed by atoms with van der Waals surface area (Å²) in [4.78, 5) is 2.38. The molecule has 2 nitrogen and oxygen atoms in total. The van der Waals surface area contributed by atoms with Crippen molar-refractivity contribution < 1.29 is 4.74 Å². The van der Waals surface area contributed by atoms with Crippen LogP contribution in [0.1, 0.15) is 60.1 Å². The van der Waals surface area contributed by atoms with Crippen molar-refractivity contribution in [1.82, 2.24) is 0 Å². The minimum Gasteiger partial charge on any atom is -0.360 e. The molecule has 2 aliphatic rings. The molecule has 0 aliphatic carbocycles. The largest absolute Gasteiger partial charge is 0.360 e. The Morgan fingerprint density at radius 2 is 1.00 bits per heavy atom. The molecule has 2 unspecified atom stereocenters. The van der Waals surface area contributed by atoms with Crippen molar-refractivity contribution >= 4 is 17.1 Å². The van der Waals surface area contributed by atoms with Crippen LogP contribution in [0.4, 0.5) is 17.1 Å². The number of ether oxygens (including phenoxy) is 1. The van der Waals surface area contributed by atoms with Gasteiger partial charge in [0.25, 0.3) is 0 Å². The Labute approximate surface area is 215 Å². The summed E-state index contributed by atoms with van der Waals surface area (Å²) in [5, 5.41) is 0. The predicted molar refractivity (Wildman–Crippen MR) is 151 cm³/mol. The number of benzene rings is 4. The van der Waals surface area contributed by atoms with Crippen molar-refractivity contribution in [3.05, 3.63) is 112 Å². The standard InChI is InChI=1S/C34H35NO/c1-22-15-23(2)18-29(17-22)35(30-19-24(3)16-25(4)20-30)28-10-7-26(8-11-28)27-9-12-31-32(21-27)34(6)14-13-33(31,5)36-34/h7-12,15-21H,13-14H2,1-6H3. The number of rotatable bonds is 4. The molecule has 1 fully saturated rings. The Bertz CT molecular complexity index is 1390. The van der Waals surface area contributed by atoms with E-state index >= 15 is 0 Å². The van der Waals surface area contributed by atoms with Crippen molar-refractivity contribution in [2.45, 2.75) is 65.6 Å². The summed E-state index contributed by atoms with van der Waals surface area (Å²) in [5.74, 6) is 0. The van der Waals surface area contributed by atoms with Gasteiger partial charge in [-0.25, -0.2) is 0 Å². The number of aryl methyl sites for hydroxylation is 4. The summed E-state index contributed by atoms with van der Waals surface area (Å²) in [7, 11) is 0. The Morgan fingerprint density at radius 3 is 1.53 bits per heavy atom. The molecule has 1 saturated heterocycles. The van der Waals surface area contributed by atoms with E-state index in [1.807, 2.05) is 0 Å². The van der Waals surface area contributed by atoms with Crippen LogP contribution in [0.2, 0.25) is 0 Å². The van der Waals surface area contributed by atoms with Crippen LogP contribution in [0, 0.1) is 27.7 Å². The molecule has 2 heterocycles. The zero-order valence-electron chi connectivity index (χ0n) is 22.3. The van der Waals surface area contributed by atoms with E-state index in [2.05, 4.69) is 125 Å². The molecule has 2 bridgehead atoms. The maximum atomic E-state index is 6.49. The van der Waals surface area contributed by atoms with Crippen LogP contribution in [0.15, 0.2) is 78.9 Å². The van der Waals surface area contributed by atoms with E-state index in [-0.39, 0.29) is 11.2 Å². The second-order valence-corrected chi connectivity index (χ2v) is 11.4. The lowest BCUT2D eigenvalue weighted by atomic mass is 9.77. The van der Waals surface area contributed by atoms with Crippen LogP contribution in [0.25, 0.3) is 11.1 Å². The van der Waals surface area contributed by atoms with Gasteiger partial charge < -0.3 is 9.64 Å². The zero-order valence-corrected chi connectivity index (χ0v) is 22.3.